The van der Waals surface area contributed by atoms with Gasteiger partial charge in [-0.3, -0.25) is 0 Å². The molecule has 0 fully saturated rings. The molecule has 142 valence electrons. The van der Waals surface area contributed by atoms with Crippen LogP contribution in [0, 0.1) is 0 Å². The van der Waals surface area contributed by atoms with Crippen molar-refractivity contribution in [1.82, 2.24) is 4.98 Å². The van der Waals surface area contributed by atoms with Gasteiger partial charge in [0.15, 0.2) is 5.52 Å². The molecule has 0 saturated heterocycles. The van der Waals surface area contributed by atoms with Crippen LogP contribution in [0.15, 0.2) is 97.3 Å². The molecule has 1 aromatic heterocycles. The molecule has 0 amide bonds. The van der Waals surface area contributed by atoms with Gasteiger partial charge in [0.25, 0.3) is 6.33 Å². The molecular weight excluding hydrogens is 364 g/mol. The van der Waals surface area contributed by atoms with E-state index in [1.54, 1.807) is 0 Å². The molecule has 30 heavy (non-hydrogen) atoms. The van der Waals surface area contributed by atoms with Crippen molar-refractivity contribution in [2.75, 3.05) is 0 Å². The van der Waals surface area contributed by atoms with E-state index in [4.69, 9.17) is 4.98 Å². The lowest BCUT2D eigenvalue weighted by Crippen LogP contribution is -2.33. The summed E-state index contributed by atoms with van der Waals surface area (Å²) in [5.41, 5.74) is 7.31. The Hall–Kier alpha value is -3.78. The van der Waals surface area contributed by atoms with Crippen molar-refractivity contribution in [2.45, 2.75) is 13.5 Å². The molecule has 0 bridgehead atoms. The van der Waals surface area contributed by atoms with Gasteiger partial charge in [-0.15, -0.1) is 0 Å². The van der Waals surface area contributed by atoms with E-state index in [0.29, 0.717) is 0 Å². The van der Waals surface area contributed by atoms with Crippen molar-refractivity contribution in [3.8, 4) is 22.3 Å². The van der Waals surface area contributed by atoms with Gasteiger partial charge in [-0.05, 0) is 75.3 Å². The van der Waals surface area contributed by atoms with Crippen LogP contribution >= 0.6 is 0 Å². The van der Waals surface area contributed by atoms with Crippen molar-refractivity contribution in [3.63, 3.8) is 0 Å². The van der Waals surface area contributed by atoms with Crippen LogP contribution in [-0.2, 0) is 6.54 Å². The Kier molecular flexibility index (Phi) is 3.78. The summed E-state index contributed by atoms with van der Waals surface area (Å²) in [4.78, 5) is 4.77. The summed E-state index contributed by atoms with van der Waals surface area (Å²) in [5.74, 6) is 0. The van der Waals surface area contributed by atoms with Crippen LogP contribution in [-0.4, -0.2) is 4.98 Å². The van der Waals surface area contributed by atoms with Gasteiger partial charge in [-0.25, -0.2) is 4.57 Å². The standard InChI is InChI=1S/C28H21N2/c1-2-30-18-29-25-15-13-21-23(19-9-5-3-6-10-19)17-24(20-11-7-4-8-12-20)22-14-16-26(30)28(25)27(21)22/h3-18H,2H2,1H3/q+1. The molecule has 0 saturated carbocycles. The molecule has 0 N–H and O–H groups in total. The first-order chi connectivity index (χ1) is 14.8. The summed E-state index contributed by atoms with van der Waals surface area (Å²) in [6.45, 7) is 3.07. The monoisotopic (exact) mass is 385 g/mol. The van der Waals surface area contributed by atoms with E-state index in [-0.39, 0.29) is 0 Å². The molecule has 0 radical (unpaired) electrons. The third-order valence-electron chi connectivity index (χ3n) is 6.14. The third-order valence-corrected chi connectivity index (χ3v) is 6.14. The Balaban J connectivity index is 1.85. The predicted molar refractivity (Wildman–Crippen MR) is 125 cm³/mol. The first-order valence-electron chi connectivity index (χ1n) is 10.5. The Morgan fingerprint density at radius 2 is 1.27 bits per heavy atom. The fourth-order valence-electron chi connectivity index (χ4n) is 4.71. The van der Waals surface area contributed by atoms with Gasteiger partial charge >= 0.3 is 0 Å². The smallest absolute Gasteiger partial charge is 0.230 e. The normalized spacial score (nSPS) is 11.6. The Labute approximate surface area is 175 Å². The molecule has 0 unspecified atom stereocenters. The molecule has 0 atom stereocenters. The number of aryl methyl sites for hydroxylation is 1. The minimum Gasteiger partial charge on any atom is -0.230 e. The quantitative estimate of drug-likeness (QED) is 0.247. The molecule has 1 heterocycles. The van der Waals surface area contributed by atoms with Crippen LogP contribution in [0.1, 0.15) is 6.92 Å². The molecule has 5 aromatic carbocycles. The maximum atomic E-state index is 4.77. The van der Waals surface area contributed by atoms with Gasteiger partial charge < -0.3 is 0 Å². The average Bonchev–Trinajstić information content (AvgIpc) is 2.83. The molecule has 2 nitrogen and oxygen atoms in total. The number of aromatic nitrogens is 2. The van der Waals surface area contributed by atoms with Gasteiger partial charge in [0, 0.05) is 5.39 Å². The minimum atomic E-state index is 0.901. The van der Waals surface area contributed by atoms with Crippen LogP contribution < -0.4 is 4.57 Å². The van der Waals surface area contributed by atoms with Crippen molar-refractivity contribution in [3.05, 3.63) is 97.3 Å². The highest BCUT2D eigenvalue weighted by atomic mass is 15.0. The van der Waals surface area contributed by atoms with Crippen molar-refractivity contribution < 1.29 is 4.57 Å². The zero-order valence-corrected chi connectivity index (χ0v) is 16.8. The first kappa shape index (κ1) is 17.1. The number of hydrogen-bond donors (Lipinski definition) is 0. The fourth-order valence-corrected chi connectivity index (χ4v) is 4.71. The maximum Gasteiger partial charge on any atom is 0.287 e. The van der Waals surface area contributed by atoms with E-state index in [1.807, 2.05) is 6.33 Å². The molecule has 6 rings (SSSR count). The molecule has 0 aliphatic carbocycles. The highest BCUT2D eigenvalue weighted by molar-refractivity contribution is 6.26. The van der Waals surface area contributed by atoms with E-state index in [2.05, 4.69) is 102 Å². The summed E-state index contributed by atoms with van der Waals surface area (Å²) in [5, 5.41) is 5.12. The van der Waals surface area contributed by atoms with Crippen LogP contribution in [0.4, 0.5) is 0 Å². The lowest BCUT2D eigenvalue weighted by atomic mass is 9.87. The summed E-state index contributed by atoms with van der Waals surface area (Å²) < 4.78 is 2.23. The Morgan fingerprint density at radius 1 is 0.667 bits per heavy atom. The molecular formula is C28H21N2+. The Morgan fingerprint density at radius 3 is 1.87 bits per heavy atom. The zero-order chi connectivity index (χ0) is 20.1. The molecule has 2 heteroatoms. The van der Waals surface area contributed by atoms with E-state index < -0.39 is 0 Å². The highest BCUT2D eigenvalue weighted by Crippen LogP contribution is 2.42. The summed E-state index contributed by atoms with van der Waals surface area (Å²) in [6.07, 6.45) is 1.96. The van der Waals surface area contributed by atoms with Crippen molar-refractivity contribution in [2.24, 2.45) is 0 Å². The predicted octanol–water partition coefficient (Wildman–Crippen LogP) is 6.62. The summed E-state index contributed by atoms with van der Waals surface area (Å²) >= 11 is 0. The first-order valence-corrected chi connectivity index (χ1v) is 10.5. The van der Waals surface area contributed by atoms with Crippen LogP contribution in [0.2, 0.25) is 0 Å². The number of nitrogens with zero attached hydrogens (tertiary/aromatic N) is 2. The van der Waals surface area contributed by atoms with Crippen LogP contribution in [0.25, 0.3) is 54.8 Å². The third kappa shape index (κ3) is 2.44. The zero-order valence-electron chi connectivity index (χ0n) is 16.8. The minimum absolute atomic E-state index is 0.901. The van der Waals surface area contributed by atoms with Gasteiger partial charge in [0.05, 0.1) is 11.9 Å². The Bertz CT molecular complexity index is 1440. The van der Waals surface area contributed by atoms with Crippen molar-refractivity contribution >= 4 is 32.6 Å². The van der Waals surface area contributed by atoms with Crippen LogP contribution in [0.3, 0.4) is 0 Å². The van der Waals surface area contributed by atoms with E-state index in [0.717, 1.165) is 12.1 Å². The van der Waals surface area contributed by atoms with E-state index in [1.165, 1.54) is 49.3 Å². The molecule has 0 spiro atoms. The van der Waals surface area contributed by atoms with Gasteiger partial charge in [-0.2, -0.15) is 0 Å². The average molecular weight is 385 g/mol. The van der Waals surface area contributed by atoms with Gasteiger partial charge in [0.1, 0.15) is 5.52 Å². The molecule has 0 aliphatic rings. The van der Waals surface area contributed by atoms with Crippen molar-refractivity contribution in [1.29, 1.82) is 0 Å². The number of benzene rings is 5. The van der Waals surface area contributed by atoms with Gasteiger partial charge in [-0.1, -0.05) is 60.7 Å². The highest BCUT2D eigenvalue weighted by Gasteiger charge is 2.20. The number of hydrogen-bond acceptors (Lipinski definition) is 1. The van der Waals surface area contributed by atoms with Crippen LogP contribution in [0.5, 0.6) is 0 Å². The second-order valence-corrected chi connectivity index (χ2v) is 7.75. The fraction of sp³-hybridized carbons (Fsp3) is 0.0714. The molecule has 6 aromatic rings. The summed E-state index contributed by atoms with van der Waals surface area (Å²) in [7, 11) is 0. The molecule has 0 aliphatic heterocycles. The maximum absolute atomic E-state index is 4.77. The van der Waals surface area contributed by atoms with Gasteiger partial charge in [0.2, 0.25) is 0 Å². The lowest BCUT2D eigenvalue weighted by molar-refractivity contribution is -0.670. The van der Waals surface area contributed by atoms with E-state index in [9.17, 15) is 0 Å². The topological polar surface area (TPSA) is 16.8 Å². The second kappa shape index (κ2) is 6.64. The second-order valence-electron chi connectivity index (χ2n) is 7.75. The SMILES string of the molecule is CC[n+]1cnc2ccc3c(-c4ccccc4)cc(-c4ccccc4)c4ccc1c2c34. The largest absolute Gasteiger partial charge is 0.287 e. The van der Waals surface area contributed by atoms with E-state index >= 15 is 0 Å². The summed E-state index contributed by atoms with van der Waals surface area (Å²) in [6, 6.07) is 32.7. The lowest BCUT2D eigenvalue weighted by Gasteiger charge is -2.17. The number of rotatable bonds is 3.